The number of aromatic amines is 1. The van der Waals surface area contributed by atoms with Gasteiger partial charge in [0.1, 0.15) is 4.90 Å². The van der Waals surface area contributed by atoms with Crippen LogP contribution in [0.25, 0.3) is 0 Å². The molecule has 114 valence electrons. The summed E-state index contributed by atoms with van der Waals surface area (Å²) in [5, 5.41) is 9.98. The first kappa shape index (κ1) is 15.5. The Labute approximate surface area is 120 Å². The van der Waals surface area contributed by atoms with Crippen LogP contribution in [0.2, 0.25) is 0 Å². The fourth-order valence-corrected chi connectivity index (χ4v) is 4.21. The van der Waals surface area contributed by atoms with Gasteiger partial charge in [0.15, 0.2) is 0 Å². The van der Waals surface area contributed by atoms with Crippen LogP contribution < -0.4 is 10.0 Å². The standard InChI is InChI=1S/C13H24N4O2S/c1-4-6-10-7-11(10)17-20(18,19)13-9(3)15-16-12(13)8-14-5-2/h10-11,14,17H,4-8H2,1-3H3,(H,15,16). The minimum atomic E-state index is -3.48. The van der Waals surface area contributed by atoms with E-state index in [0.29, 0.717) is 28.7 Å². The Morgan fingerprint density at radius 2 is 2.15 bits per heavy atom. The summed E-state index contributed by atoms with van der Waals surface area (Å²) in [6, 6.07) is 0.0984. The van der Waals surface area contributed by atoms with E-state index in [9.17, 15) is 8.42 Å². The molecule has 0 spiro atoms. The van der Waals surface area contributed by atoms with Crippen molar-refractivity contribution in [3.8, 4) is 0 Å². The lowest BCUT2D eigenvalue weighted by Gasteiger charge is -2.08. The van der Waals surface area contributed by atoms with E-state index < -0.39 is 10.0 Å². The quantitative estimate of drug-likeness (QED) is 0.675. The molecule has 1 saturated carbocycles. The molecular weight excluding hydrogens is 276 g/mol. The van der Waals surface area contributed by atoms with Gasteiger partial charge in [-0.25, -0.2) is 13.1 Å². The smallest absolute Gasteiger partial charge is 0.244 e. The summed E-state index contributed by atoms with van der Waals surface area (Å²) < 4.78 is 27.8. The van der Waals surface area contributed by atoms with Gasteiger partial charge in [-0.05, 0) is 32.2 Å². The zero-order chi connectivity index (χ0) is 14.8. The summed E-state index contributed by atoms with van der Waals surface area (Å²) in [5.41, 5.74) is 1.16. The number of H-pyrrole nitrogens is 1. The molecule has 1 fully saturated rings. The number of rotatable bonds is 8. The highest BCUT2D eigenvalue weighted by Gasteiger charge is 2.40. The van der Waals surface area contributed by atoms with Crippen LogP contribution in [-0.2, 0) is 16.6 Å². The second-order valence-corrected chi connectivity index (χ2v) is 7.07. The SMILES string of the molecule is CCCC1CC1NS(=O)(=O)c1c(CNCC)n[nH]c1C. The van der Waals surface area contributed by atoms with Gasteiger partial charge in [-0.2, -0.15) is 5.10 Å². The lowest BCUT2D eigenvalue weighted by molar-refractivity contribution is 0.570. The van der Waals surface area contributed by atoms with Gasteiger partial charge in [0.2, 0.25) is 10.0 Å². The molecule has 0 bridgehead atoms. The zero-order valence-electron chi connectivity index (χ0n) is 12.4. The zero-order valence-corrected chi connectivity index (χ0v) is 13.2. The van der Waals surface area contributed by atoms with Crippen LogP contribution in [-0.4, -0.2) is 31.2 Å². The number of aryl methyl sites for hydroxylation is 1. The second-order valence-electron chi connectivity index (χ2n) is 5.42. The molecule has 1 aromatic rings. The molecule has 2 rings (SSSR count). The molecular formula is C13H24N4O2S. The molecule has 1 aliphatic rings. The van der Waals surface area contributed by atoms with E-state index >= 15 is 0 Å². The monoisotopic (exact) mass is 300 g/mol. The van der Waals surface area contributed by atoms with E-state index in [0.717, 1.165) is 25.8 Å². The largest absolute Gasteiger partial charge is 0.311 e. The molecule has 0 radical (unpaired) electrons. The first-order valence-electron chi connectivity index (χ1n) is 7.26. The maximum absolute atomic E-state index is 12.5. The van der Waals surface area contributed by atoms with E-state index in [-0.39, 0.29) is 6.04 Å². The van der Waals surface area contributed by atoms with Crippen LogP contribution >= 0.6 is 0 Å². The van der Waals surface area contributed by atoms with Gasteiger partial charge >= 0.3 is 0 Å². The van der Waals surface area contributed by atoms with Crippen LogP contribution in [0.1, 0.15) is 44.5 Å². The van der Waals surface area contributed by atoms with Crippen LogP contribution in [0.5, 0.6) is 0 Å². The Morgan fingerprint density at radius 1 is 1.40 bits per heavy atom. The molecule has 1 aliphatic carbocycles. The Hall–Kier alpha value is -0.920. The molecule has 0 aromatic carbocycles. The van der Waals surface area contributed by atoms with Gasteiger partial charge in [0.05, 0.1) is 11.4 Å². The minimum absolute atomic E-state index is 0.0984. The fraction of sp³-hybridized carbons (Fsp3) is 0.769. The molecule has 3 N–H and O–H groups in total. The molecule has 2 atom stereocenters. The lowest BCUT2D eigenvalue weighted by Crippen LogP contribution is -2.29. The molecule has 1 heterocycles. The number of nitrogens with zero attached hydrogens (tertiary/aromatic N) is 1. The third-order valence-corrected chi connectivity index (χ3v) is 5.35. The molecule has 7 heteroatoms. The Bertz CT molecular complexity index is 553. The van der Waals surface area contributed by atoms with E-state index in [2.05, 4.69) is 27.2 Å². The van der Waals surface area contributed by atoms with Crippen LogP contribution in [0.3, 0.4) is 0 Å². The summed E-state index contributed by atoms with van der Waals surface area (Å²) >= 11 is 0. The van der Waals surface area contributed by atoms with Gasteiger partial charge in [-0.3, -0.25) is 5.10 Å². The third-order valence-electron chi connectivity index (χ3n) is 3.66. The van der Waals surface area contributed by atoms with Crippen molar-refractivity contribution in [3.05, 3.63) is 11.4 Å². The maximum atomic E-state index is 12.5. The van der Waals surface area contributed by atoms with Crippen LogP contribution in [0.15, 0.2) is 4.90 Å². The molecule has 2 unspecified atom stereocenters. The molecule has 6 nitrogen and oxygen atoms in total. The highest BCUT2D eigenvalue weighted by Crippen LogP contribution is 2.36. The highest BCUT2D eigenvalue weighted by molar-refractivity contribution is 7.89. The number of hydrogen-bond acceptors (Lipinski definition) is 4. The predicted molar refractivity (Wildman–Crippen MR) is 77.8 cm³/mol. The van der Waals surface area contributed by atoms with E-state index in [4.69, 9.17) is 0 Å². The van der Waals surface area contributed by atoms with Crippen molar-refractivity contribution >= 4 is 10.0 Å². The number of aromatic nitrogens is 2. The predicted octanol–water partition coefficient (Wildman–Crippen LogP) is 1.29. The van der Waals surface area contributed by atoms with Crippen molar-refractivity contribution in [2.75, 3.05) is 6.54 Å². The molecule has 1 aromatic heterocycles. The van der Waals surface area contributed by atoms with Crippen molar-refractivity contribution in [2.45, 2.75) is 57.5 Å². The van der Waals surface area contributed by atoms with E-state index in [1.807, 2.05) is 6.92 Å². The van der Waals surface area contributed by atoms with Gasteiger partial charge in [-0.1, -0.05) is 20.3 Å². The molecule has 20 heavy (non-hydrogen) atoms. The van der Waals surface area contributed by atoms with Crippen LogP contribution in [0, 0.1) is 12.8 Å². The fourth-order valence-electron chi connectivity index (χ4n) is 2.53. The lowest BCUT2D eigenvalue weighted by atomic mass is 10.2. The summed E-state index contributed by atoms with van der Waals surface area (Å²) in [7, 11) is -3.48. The van der Waals surface area contributed by atoms with E-state index in [1.54, 1.807) is 6.92 Å². The Morgan fingerprint density at radius 3 is 2.80 bits per heavy atom. The van der Waals surface area contributed by atoms with Crippen molar-refractivity contribution in [1.29, 1.82) is 0 Å². The van der Waals surface area contributed by atoms with Crippen molar-refractivity contribution in [1.82, 2.24) is 20.2 Å². The first-order valence-corrected chi connectivity index (χ1v) is 8.74. The summed E-state index contributed by atoms with van der Waals surface area (Å²) in [6.45, 7) is 7.08. The number of nitrogens with one attached hydrogen (secondary N) is 3. The average molecular weight is 300 g/mol. The minimum Gasteiger partial charge on any atom is -0.311 e. The van der Waals surface area contributed by atoms with Gasteiger partial charge in [-0.15, -0.1) is 0 Å². The summed E-state index contributed by atoms with van der Waals surface area (Å²) in [6.07, 6.45) is 3.13. The van der Waals surface area contributed by atoms with Gasteiger partial charge in [0, 0.05) is 12.6 Å². The maximum Gasteiger partial charge on any atom is 0.244 e. The molecule has 0 saturated heterocycles. The van der Waals surface area contributed by atoms with Gasteiger partial charge < -0.3 is 5.32 Å². The van der Waals surface area contributed by atoms with Crippen molar-refractivity contribution in [3.63, 3.8) is 0 Å². The third kappa shape index (κ3) is 3.39. The second kappa shape index (κ2) is 6.24. The van der Waals surface area contributed by atoms with Crippen molar-refractivity contribution < 1.29 is 8.42 Å². The summed E-state index contributed by atoms with van der Waals surface area (Å²) in [5.74, 6) is 0.499. The number of sulfonamides is 1. The van der Waals surface area contributed by atoms with Crippen LogP contribution in [0.4, 0.5) is 0 Å². The Balaban J connectivity index is 2.11. The molecule has 0 amide bonds. The van der Waals surface area contributed by atoms with E-state index in [1.165, 1.54) is 0 Å². The molecule has 0 aliphatic heterocycles. The topological polar surface area (TPSA) is 86.9 Å². The van der Waals surface area contributed by atoms with Gasteiger partial charge in [0.25, 0.3) is 0 Å². The number of hydrogen-bond donors (Lipinski definition) is 3. The Kier molecular flexibility index (Phi) is 4.82. The average Bonchev–Trinajstić information content (AvgIpc) is 2.97. The first-order chi connectivity index (χ1) is 9.49. The normalized spacial score (nSPS) is 22.1. The van der Waals surface area contributed by atoms with Crippen molar-refractivity contribution in [2.24, 2.45) is 5.92 Å². The highest BCUT2D eigenvalue weighted by atomic mass is 32.2. The summed E-state index contributed by atoms with van der Waals surface area (Å²) in [4.78, 5) is 0.306.